The first kappa shape index (κ1) is 85.5. The molecule has 0 aromatic carbocycles. The van der Waals surface area contributed by atoms with Crippen LogP contribution in [-0.2, 0) is 73.3 Å². The second-order valence-electron chi connectivity index (χ2n) is 26.3. The zero-order valence-electron chi connectivity index (χ0n) is 55.8. The van der Waals surface area contributed by atoms with Crippen LogP contribution in [0.5, 0.6) is 0 Å². The summed E-state index contributed by atoms with van der Waals surface area (Å²) in [4.78, 5) is 169. The molecule has 4 unspecified atom stereocenters. The molecule has 0 spiro atoms. The molecular formula is C61H100N12O13S9. The van der Waals surface area contributed by atoms with E-state index in [-0.39, 0.29) is 103 Å². The van der Waals surface area contributed by atoms with E-state index in [1.807, 2.05) is 0 Å². The molecule has 4 atom stereocenters. The van der Waals surface area contributed by atoms with Gasteiger partial charge in [0.15, 0.2) is 5.12 Å². The van der Waals surface area contributed by atoms with Gasteiger partial charge in [0, 0.05) is 83.4 Å². The van der Waals surface area contributed by atoms with E-state index in [4.69, 9.17) is 0 Å². The Morgan fingerprint density at radius 3 is 1.05 bits per heavy atom. The maximum Gasteiger partial charge on any atom is 0.336 e. The maximum atomic E-state index is 13.2. The second kappa shape index (κ2) is 43.1. The average molecular weight is 1500 g/mol. The first-order valence-electron chi connectivity index (χ1n) is 32.3. The Morgan fingerprint density at radius 1 is 0.432 bits per heavy atom. The van der Waals surface area contributed by atoms with Crippen molar-refractivity contribution in [1.82, 2.24) is 46.4 Å². The zero-order valence-corrected chi connectivity index (χ0v) is 63.7. The molecule has 5 rings (SSSR count). The average Bonchev–Trinajstić information content (AvgIpc) is 0.824. The Kier molecular flexibility index (Phi) is 38.8. The molecule has 0 bridgehead atoms. The SMILES string of the molecule is CC1(C)CC(CC(=O)SCCCn2c(=O)n(CCCS)c(=O)n(CCCS)c2=O)CC(C)(CNC(=O)SCCCn2c(=O)n(CCCS)c(=O)n(CCCS)c2=O)C1.CC1(C)CC(N=C=O)CC(C)(CN=C=O)C1.O=c1n(CCCS)c(=O)n(CCCS)c(=O)n1CCCS. The molecule has 3 heterocycles. The summed E-state index contributed by atoms with van der Waals surface area (Å²) in [7, 11) is 0. The highest BCUT2D eigenvalue weighted by molar-refractivity contribution is 8.13. The highest BCUT2D eigenvalue weighted by Gasteiger charge is 2.43. The molecule has 34 heteroatoms. The molecule has 2 aliphatic rings. The highest BCUT2D eigenvalue weighted by Crippen LogP contribution is 2.50. The number of isocyanates is 2. The first-order chi connectivity index (χ1) is 45.0. The molecule has 0 saturated heterocycles. The number of hydrogen-bond acceptors (Lipinski definition) is 24. The number of thiol groups is 7. The normalized spacial score (nSPS) is 18.7. The molecule has 25 nitrogen and oxygen atoms in total. The van der Waals surface area contributed by atoms with Crippen LogP contribution in [0.4, 0.5) is 4.79 Å². The van der Waals surface area contributed by atoms with Crippen molar-refractivity contribution in [3.8, 4) is 0 Å². The summed E-state index contributed by atoms with van der Waals surface area (Å²) in [5.41, 5.74) is -5.74. The van der Waals surface area contributed by atoms with Gasteiger partial charge in [0.05, 0.1) is 12.6 Å². The molecule has 536 valence electrons. The molecule has 1 N–H and O–H groups in total. The van der Waals surface area contributed by atoms with Crippen LogP contribution < -0.4 is 56.5 Å². The van der Waals surface area contributed by atoms with Crippen molar-refractivity contribution in [3.63, 3.8) is 0 Å². The van der Waals surface area contributed by atoms with Gasteiger partial charge in [-0.25, -0.2) is 104 Å². The van der Waals surface area contributed by atoms with E-state index in [1.54, 1.807) is 12.2 Å². The van der Waals surface area contributed by atoms with Crippen molar-refractivity contribution in [2.45, 2.75) is 209 Å². The number of nitrogens with zero attached hydrogens (tertiary/aromatic N) is 11. The van der Waals surface area contributed by atoms with E-state index in [0.29, 0.717) is 129 Å². The van der Waals surface area contributed by atoms with Gasteiger partial charge in [-0.2, -0.15) is 88.4 Å². The zero-order chi connectivity index (χ0) is 71.1. The van der Waals surface area contributed by atoms with Gasteiger partial charge in [0.25, 0.3) is 5.24 Å². The number of nitrogens with one attached hydrogen (secondary N) is 1. The van der Waals surface area contributed by atoms with Gasteiger partial charge >= 0.3 is 51.2 Å². The maximum absolute atomic E-state index is 13.2. The summed E-state index contributed by atoms with van der Waals surface area (Å²) >= 11 is 31.3. The van der Waals surface area contributed by atoms with Crippen molar-refractivity contribution >= 4 is 134 Å². The third-order valence-corrected chi connectivity index (χ3v) is 20.4. The Labute approximate surface area is 601 Å². The van der Waals surface area contributed by atoms with Crippen molar-refractivity contribution in [1.29, 1.82) is 0 Å². The molecule has 1 amide bonds. The Balaban J connectivity index is 0.000000511. The van der Waals surface area contributed by atoms with Crippen LogP contribution in [0.25, 0.3) is 0 Å². The van der Waals surface area contributed by atoms with E-state index >= 15 is 0 Å². The van der Waals surface area contributed by atoms with Crippen LogP contribution >= 0.6 is 112 Å². The van der Waals surface area contributed by atoms with Gasteiger partial charge in [0.2, 0.25) is 12.2 Å². The van der Waals surface area contributed by atoms with Gasteiger partial charge in [-0.3, -0.25) is 9.59 Å². The fraction of sp³-hybridized carbons (Fsp3) is 0.787. The summed E-state index contributed by atoms with van der Waals surface area (Å²) in [6.45, 7) is 15.4. The summed E-state index contributed by atoms with van der Waals surface area (Å²) in [6, 6.07) is 0.00750. The fourth-order valence-corrected chi connectivity index (χ4v) is 15.5. The number of amides is 1. The largest absolute Gasteiger partial charge is 0.346 e. The number of thioether (sulfide) groups is 2. The topological polar surface area (TPSA) is 303 Å². The lowest BCUT2D eigenvalue weighted by atomic mass is 9.60. The number of carbonyl (C=O) groups is 2. The smallest absolute Gasteiger partial charge is 0.336 e. The number of hydrogen-bond donors (Lipinski definition) is 8. The van der Waals surface area contributed by atoms with E-state index in [2.05, 4.69) is 145 Å². The minimum Gasteiger partial charge on any atom is -0.346 e. The first-order valence-corrected chi connectivity index (χ1v) is 38.7. The number of carbonyl (C=O) groups excluding carboxylic acids is 4. The van der Waals surface area contributed by atoms with E-state index < -0.39 is 51.2 Å². The molecule has 2 fully saturated rings. The third-order valence-electron chi connectivity index (χ3n) is 16.3. The van der Waals surface area contributed by atoms with Crippen LogP contribution in [0.3, 0.4) is 0 Å². The van der Waals surface area contributed by atoms with Gasteiger partial charge in [0.1, 0.15) is 0 Å². The summed E-state index contributed by atoms with van der Waals surface area (Å²) in [5.74, 6) is 4.53. The number of aliphatic imine (C=N–C) groups is 2. The summed E-state index contributed by atoms with van der Waals surface area (Å²) in [6.07, 6.45) is 13.3. The lowest BCUT2D eigenvalue weighted by Crippen LogP contribution is -2.54. The predicted octanol–water partition coefficient (Wildman–Crippen LogP) is 5.72. The molecule has 3 aromatic heterocycles. The van der Waals surface area contributed by atoms with Crippen molar-refractivity contribution in [2.75, 3.05) is 64.9 Å². The van der Waals surface area contributed by atoms with E-state index in [0.717, 1.165) is 91.4 Å². The molecule has 3 aromatic rings. The second-order valence-corrected chi connectivity index (χ2v) is 31.7. The monoisotopic (exact) mass is 1500 g/mol. The quantitative estimate of drug-likeness (QED) is 0.0150. The minimum absolute atomic E-state index is 0.00750. The Hall–Kier alpha value is -3.72. The molecular weight excluding hydrogens is 1400 g/mol. The minimum atomic E-state index is -0.656. The Morgan fingerprint density at radius 2 is 0.737 bits per heavy atom. The third kappa shape index (κ3) is 27.4. The van der Waals surface area contributed by atoms with Gasteiger partial charge in [-0.05, 0) is 164 Å². The number of aromatic nitrogens is 9. The van der Waals surface area contributed by atoms with Gasteiger partial charge in [-0.15, -0.1) is 0 Å². The van der Waals surface area contributed by atoms with E-state index in [1.165, 1.54) is 11.8 Å². The summed E-state index contributed by atoms with van der Waals surface area (Å²) < 4.78 is 9.85. The lowest BCUT2D eigenvalue weighted by Gasteiger charge is -2.46. The lowest BCUT2D eigenvalue weighted by molar-refractivity contribution is -0.112. The van der Waals surface area contributed by atoms with Crippen molar-refractivity contribution < 1.29 is 19.2 Å². The molecule has 95 heavy (non-hydrogen) atoms. The van der Waals surface area contributed by atoms with Crippen LogP contribution in [0.1, 0.15) is 144 Å². The Bertz CT molecular complexity index is 3450. The van der Waals surface area contributed by atoms with Crippen LogP contribution in [0.2, 0.25) is 0 Å². The molecule has 2 aliphatic carbocycles. The fourth-order valence-electron chi connectivity index (χ4n) is 13.0. The van der Waals surface area contributed by atoms with Gasteiger partial charge in [-0.1, -0.05) is 65.1 Å². The number of rotatable bonds is 36. The van der Waals surface area contributed by atoms with Crippen LogP contribution in [0.15, 0.2) is 53.1 Å². The molecule has 0 radical (unpaired) electrons. The van der Waals surface area contributed by atoms with E-state index in [9.17, 15) is 62.3 Å². The molecule has 0 aliphatic heterocycles. The highest BCUT2D eigenvalue weighted by atomic mass is 32.2. The summed E-state index contributed by atoms with van der Waals surface area (Å²) in [5, 5.41) is 2.87. The standard InChI is InChI=1S/C37H61N7O8S6.C12H21N3O3S3.C12H18N2O2/c1-36(2)23-27(22-28(45)57-20-8-14-43-32(49)39(10-4-16-53)30(47)40(33(43)50)11-5-17-54)24-37(3,25-36)26-38-29(46)58-21-9-15-44-34(51)41(12-6-18-55)31(48)42(35(44)52)13-7-19-56;16-10-13(4-1-7-19)11(17)15(6-3-9-21)12(18)14(10)5-2-8-20;1-11(2)4-10(14-9-16)5-12(3,6-11)7-13-8-15/h27,53-56H,4-26H2,1-3H3,(H,38,46);19-21H,1-9H2;10H,4-7H2,1-3H3. The van der Waals surface area contributed by atoms with Gasteiger partial charge < -0.3 is 5.32 Å². The predicted molar refractivity (Wildman–Crippen MR) is 404 cm³/mol. The van der Waals surface area contributed by atoms with Crippen molar-refractivity contribution in [3.05, 3.63) is 94.4 Å². The van der Waals surface area contributed by atoms with Crippen LogP contribution in [0, 0.1) is 27.6 Å². The van der Waals surface area contributed by atoms with Crippen molar-refractivity contribution in [2.24, 2.45) is 37.6 Å². The van der Waals surface area contributed by atoms with Crippen LogP contribution in [-0.4, -0.2) is 135 Å². The molecule has 2 saturated carbocycles.